The maximum atomic E-state index is 5.29. The van der Waals surface area contributed by atoms with Crippen LogP contribution < -0.4 is 4.74 Å². The summed E-state index contributed by atoms with van der Waals surface area (Å²) in [5.41, 5.74) is 0. The molecule has 0 saturated carbocycles. The molecule has 1 aromatic carbocycles. The lowest BCUT2D eigenvalue weighted by molar-refractivity contribution is 0.323. The first kappa shape index (κ1) is 8.31. The largest absolute Gasteiger partial charge is 0.411 e. The highest BCUT2D eigenvalue weighted by Crippen LogP contribution is 2.22. The summed E-state index contributed by atoms with van der Waals surface area (Å²) < 4.78 is 10.9. The van der Waals surface area contributed by atoms with Crippen molar-refractivity contribution < 1.29 is 9.15 Å². The lowest BCUT2D eigenvalue weighted by atomic mass is 10.3. The van der Waals surface area contributed by atoms with Crippen molar-refractivity contribution in [1.82, 2.24) is 4.98 Å². The summed E-state index contributed by atoms with van der Waals surface area (Å²) in [6.07, 6.45) is 1.77. The molecule has 1 heterocycles. The Bertz CT molecular complexity index is 386. The average Bonchev–Trinajstić information content (AvgIpc) is 2.53. The molecule has 0 radical (unpaired) electrons. The second-order valence-corrected chi connectivity index (χ2v) is 3.13. The minimum Gasteiger partial charge on any atom is -0.411 e. The monoisotopic (exact) mass is 239 g/mol. The van der Waals surface area contributed by atoms with Gasteiger partial charge >= 0.3 is 6.08 Å². The van der Waals surface area contributed by atoms with E-state index < -0.39 is 0 Å². The van der Waals surface area contributed by atoms with Crippen LogP contribution in [0.5, 0.6) is 11.8 Å². The summed E-state index contributed by atoms with van der Waals surface area (Å²) in [7, 11) is 0. The molecule has 0 aliphatic heterocycles. The molecule has 0 spiro atoms. The number of para-hydroxylation sites is 1. The van der Waals surface area contributed by atoms with Gasteiger partial charge < -0.3 is 9.15 Å². The van der Waals surface area contributed by atoms with Crippen molar-refractivity contribution in [3.05, 3.63) is 41.2 Å². The lowest BCUT2D eigenvalue weighted by Gasteiger charge is -1.97. The van der Waals surface area contributed by atoms with Crippen LogP contribution >= 0.6 is 15.9 Å². The standard InChI is InChI=1S/C9H6BrNO2/c10-8-6-11-9(13-8)12-7-4-2-1-3-5-7/h1-6H. The molecule has 3 nitrogen and oxygen atoms in total. The summed E-state index contributed by atoms with van der Waals surface area (Å²) in [4.78, 5) is 3.88. The van der Waals surface area contributed by atoms with Crippen LogP contribution in [0.4, 0.5) is 0 Å². The quantitative estimate of drug-likeness (QED) is 0.808. The molecule has 2 rings (SSSR count). The van der Waals surface area contributed by atoms with Crippen LogP contribution in [0.1, 0.15) is 0 Å². The SMILES string of the molecule is Brc1cnc(Oc2ccccc2)o1. The van der Waals surface area contributed by atoms with E-state index in [2.05, 4.69) is 20.9 Å². The van der Waals surface area contributed by atoms with E-state index in [0.717, 1.165) is 0 Å². The first-order valence-electron chi connectivity index (χ1n) is 3.69. The Balaban J connectivity index is 2.15. The summed E-state index contributed by atoms with van der Waals surface area (Å²) >= 11 is 3.14. The topological polar surface area (TPSA) is 35.3 Å². The van der Waals surface area contributed by atoms with Gasteiger partial charge in [-0.25, -0.2) is 0 Å². The fourth-order valence-corrected chi connectivity index (χ4v) is 1.12. The summed E-state index contributed by atoms with van der Waals surface area (Å²) in [5.74, 6) is 0.705. The van der Waals surface area contributed by atoms with Crippen molar-refractivity contribution in [2.75, 3.05) is 0 Å². The highest BCUT2D eigenvalue weighted by molar-refractivity contribution is 9.10. The molecule has 2 aromatic rings. The Hall–Kier alpha value is -1.29. The van der Waals surface area contributed by atoms with Gasteiger partial charge in [-0.3, -0.25) is 0 Å². The number of rotatable bonds is 2. The van der Waals surface area contributed by atoms with Crippen LogP contribution in [0.3, 0.4) is 0 Å². The van der Waals surface area contributed by atoms with Crippen molar-refractivity contribution in [3.63, 3.8) is 0 Å². The number of halogens is 1. The Morgan fingerprint density at radius 1 is 1.23 bits per heavy atom. The number of aromatic nitrogens is 1. The predicted octanol–water partition coefficient (Wildman–Crippen LogP) is 3.23. The van der Waals surface area contributed by atoms with Crippen LogP contribution in [0.15, 0.2) is 45.6 Å². The molecular weight excluding hydrogens is 234 g/mol. The van der Waals surface area contributed by atoms with Crippen molar-refractivity contribution in [3.8, 4) is 11.8 Å². The van der Waals surface area contributed by atoms with Gasteiger partial charge in [0.25, 0.3) is 0 Å². The molecule has 0 atom stereocenters. The predicted molar refractivity (Wildman–Crippen MR) is 50.7 cm³/mol. The number of hydrogen-bond donors (Lipinski definition) is 0. The van der Waals surface area contributed by atoms with E-state index in [1.165, 1.54) is 6.20 Å². The molecular formula is C9H6BrNO2. The van der Waals surface area contributed by atoms with Crippen molar-refractivity contribution in [2.45, 2.75) is 0 Å². The van der Waals surface area contributed by atoms with Gasteiger partial charge in [0.05, 0.1) is 6.20 Å². The van der Waals surface area contributed by atoms with Crippen molar-refractivity contribution in [1.29, 1.82) is 0 Å². The summed E-state index contributed by atoms with van der Waals surface area (Å²) in [5, 5.41) is 0. The van der Waals surface area contributed by atoms with Crippen LogP contribution in [0, 0.1) is 0 Å². The number of oxazole rings is 1. The van der Waals surface area contributed by atoms with Crippen LogP contribution in [-0.4, -0.2) is 4.98 Å². The van der Waals surface area contributed by atoms with Gasteiger partial charge in [0, 0.05) is 0 Å². The first-order valence-corrected chi connectivity index (χ1v) is 4.48. The Morgan fingerprint density at radius 3 is 2.62 bits per heavy atom. The smallest absolute Gasteiger partial charge is 0.400 e. The molecule has 0 saturated heterocycles. The zero-order valence-electron chi connectivity index (χ0n) is 6.61. The van der Waals surface area contributed by atoms with Gasteiger partial charge in [-0.15, -0.1) is 0 Å². The molecule has 0 bridgehead atoms. The van der Waals surface area contributed by atoms with Gasteiger partial charge in [-0.2, -0.15) is 4.98 Å². The fourth-order valence-electron chi connectivity index (χ4n) is 0.876. The van der Waals surface area contributed by atoms with Crippen LogP contribution in [0.25, 0.3) is 0 Å². The van der Waals surface area contributed by atoms with Gasteiger partial charge in [-0.05, 0) is 28.1 Å². The Labute approximate surface area is 83.5 Å². The van der Waals surface area contributed by atoms with E-state index >= 15 is 0 Å². The molecule has 0 unspecified atom stereocenters. The maximum absolute atomic E-state index is 5.29. The average molecular weight is 240 g/mol. The zero-order chi connectivity index (χ0) is 9.10. The minimum absolute atomic E-state index is 0.234. The van der Waals surface area contributed by atoms with Gasteiger partial charge in [0.15, 0.2) is 4.67 Å². The van der Waals surface area contributed by atoms with E-state index in [0.29, 0.717) is 10.4 Å². The van der Waals surface area contributed by atoms with E-state index in [-0.39, 0.29) is 6.08 Å². The van der Waals surface area contributed by atoms with Crippen LogP contribution in [-0.2, 0) is 0 Å². The first-order chi connectivity index (χ1) is 6.34. The molecule has 0 aliphatic rings. The van der Waals surface area contributed by atoms with E-state index in [1.54, 1.807) is 0 Å². The normalized spacial score (nSPS) is 9.92. The zero-order valence-corrected chi connectivity index (χ0v) is 8.19. The minimum atomic E-state index is 0.234. The molecule has 0 amide bonds. The molecule has 4 heteroatoms. The van der Waals surface area contributed by atoms with E-state index in [9.17, 15) is 0 Å². The second kappa shape index (κ2) is 3.62. The molecule has 0 N–H and O–H groups in total. The fraction of sp³-hybridized carbons (Fsp3) is 0. The van der Waals surface area contributed by atoms with E-state index in [1.807, 2.05) is 30.3 Å². The molecule has 0 aliphatic carbocycles. The highest BCUT2D eigenvalue weighted by Gasteiger charge is 2.02. The van der Waals surface area contributed by atoms with Gasteiger partial charge in [0.2, 0.25) is 0 Å². The molecule has 0 fully saturated rings. The summed E-state index contributed by atoms with van der Waals surface area (Å²) in [6.45, 7) is 0. The third-order valence-corrected chi connectivity index (χ3v) is 1.77. The summed E-state index contributed by atoms with van der Waals surface area (Å²) in [6, 6.07) is 9.34. The van der Waals surface area contributed by atoms with Crippen molar-refractivity contribution >= 4 is 15.9 Å². The molecule has 13 heavy (non-hydrogen) atoms. The number of benzene rings is 1. The Morgan fingerprint density at radius 2 is 2.00 bits per heavy atom. The number of ether oxygens (including phenoxy) is 1. The number of hydrogen-bond acceptors (Lipinski definition) is 3. The molecule has 1 aromatic heterocycles. The third kappa shape index (κ3) is 2.09. The highest BCUT2D eigenvalue weighted by atomic mass is 79.9. The van der Waals surface area contributed by atoms with Gasteiger partial charge in [-0.1, -0.05) is 18.2 Å². The Kier molecular flexibility index (Phi) is 2.31. The van der Waals surface area contributed by atoms with E-state index in [4.69, 9.17) is 9.15 Å². The van der Waals surface area contributed by atoms with Gasteiger partial charge in [0.1, 0.15) is 5.75 Å². The lowest BCUT2D eigenvalue weighted by Crippen LogP contribution is -1.81. The maximum Gasteiger partial charge on any atom is 0.400 e. The van der Waals surface area contributed by atoms with Crippen molar-refractivity contribution in [2.24, 2.45) is 0 Å². The van der Waals surface area contributed by atoms with Crippen LogP contribution in [0.2, 0.25) is 0 Å². The third-order valence-electron chi connectivity index (χ3n) is 1.40. The second-order valence-electron chi connectivity index (χ2n) is 2.35. The number of nitrogens with zero attached hydrogens (tertiary/aromatic N) is 1. The molecule has 66 valence electrons.